The maximum atomic E-state index is 2.39. The molecule has 0 atom stereocenters. The van der Waals surface area contributed by atoms with Crippen molar-refractivity contribution < 1.29 is 0 Å². The van der Waals surface area contributed by atoms with Gasteiger partial charge < -0.3 is 0 Å². The summed E-state index contributed by atoms with van der Waals surface area (Å²) in [7, 11) is 0. The molecule has 0 saturated heterocycles. The van der Waals surface area contributed by atoms with Gasteiger partial charge >= 0.3 is 0 Å². The summed E-state index contributed by atoms with van der Waals surface area (Å²) < 4.78 is 2.84. The minimum Gasteiger partial charge on any atom is -0.140 e. The zero-order valence-electron chi connectivity index (χ0n) is 15.7. The van der Waals surface area contributed by atoms with E-state index in [1.165, 1.54) is 41.1 Å². The first-order valence-corrected chi connectivity index (χ1v) is 11.5. The lowest BCUT2D eigenvalue weighted by molar-refractivity contribution is 0.982. The van der Waals surface area contributed by atoms with Gasteiger partial charge in [-0.2, -0.15) is 0 Å². The van der Waals surface area contributed by atoms with Crippen LogP contribution in [-0.4, -0.2) is 0 Å². The molecule has 2 heteroatoms. The summed E-state index contributed by atoms with van der Waals surface area (Å²) in [6, 6.07) is 31.2. The molecule has 0 bridgehead atoms. The van der Waals surface area contributed by atoms with Crippen LogP contribution in [0, 0.1) is 0 Å². The highest BCUT2D eigenvalue weighted by molar-refractivity contribution is 7.20. The molecule has 0 nitrogen and oxygen atoms in total. The van der Waals surface area contributed by atoms with Crippen molar-refractivity contribution in [3.63, 3.8) is 0 Å². The van der Waals surface area contributed by atoms with Crippen molar-refractivity contribution in [2.45, 2.75) is 25.7 Å². The van der Waals surface area contributed by atoms with Crippen LogP contribution in [0.4, 0.5) is 0 Å². The number of benzene rings is 3. The Morgan fingerprint density at radius 1 is 0.464 bits per heavy atom. The van der Waals surface area contributed by atoms with E-state index in [0.717, 1.165) is 25.7 Å². The largest absolute Gasteiger partial charge is 0.140 e. The Hall–Kier alpha value is -2.42. The van der Waals surface area contributed by atoms with E-state index in [4.69, 9.17) is 0 Å². The highest BCUT2D eigenvalue weighted by Gasteiger charge is 2.08. The average Bonchev–Trinajstić information content (AvgIpc) is 3.32. The van der Waals surface area contributed by atoms with Crippen molar-refractivity contribution in [3.05, 3.63) is 106 Å². The zero-order valence-corrected chi connectivity index (χ0v) is 17.4. The number of hydrogen-bond acceptors (Lipinski definition) is 2. The lowest BCUT2D eigenvalue weighted by Gasteiger charge is -1.98. The van der Waals surface area contributed by atoms with Crippen molar-refractivity contribution in [1.29, 1.82) is 0 Å². The minimum atomic E-state index is 1.12. The molecule has 5 rings (SSSR count). The van der Waals surface area contributed by atoms with E-state index >= 15 is 0 Å². The van der Waals surface area contributed by atoms with E-state index in [2.05, 4.69) is 84.9 Å². The van der Waals surface area contributed by atoms with Gasteiger partial charge in [0.15, 0.2) is 0 Å². The maximum absolute atomic E-state index is 2.39. The molecule has 0 unspecified atom stereocenters. The molecule has 0 N–H and O–H groups in total. The Labute approximate surface area is 174 Å². The van der Waals surface area contributed by atoms with Gasteiger partial charge in [0.2, 0.25) is 0 Å². The number of aryl methyl sites for hydroxylation is 4. The lowest BCUT2D eigenvalue weighted by atomic mass is 10.1. The quantitative estimate of drug-likeness (QED) is 0.275. The second-order valence-corrected chi connectivity index (χ2v) is 9.66. The summed E-state index contributed by atoms with van der Waals surface area (Å²) in [6.45, 7) is 0. The molecule has 0 aliphatic carbocycles. The predicted molar refractivity (Wildman–Crippen MR) is 125 cm³/mol. The van der Waals surface area contributed by atoms with Crippen LogP contribution in [0.25, 0.3) is 20.2 Å². The summed E-state index contributed by atoms with van der Waals surface area (Å²) >= 11 is 3.91. The third kappa shape index (κ3) is 3.89. The first-order valence-electron chi connectivity index (χ1n) is 9.86. The Balaban J connectivity index is 1.33. The Kier molecular flexibility index (Phi) is 4.99. The summed E-state index contributed by atoms with van der Waals surface area (Å²) in [5, 5.41) is 2.80. The molecule has 0 aliphatic rings. The van der Waals surface area contributed by atoms with E-state index in [1.54, 1.807) is 0 Å². The van der Waals surface area contributed by atoms with Crippen LogP contribution < -0.4 is 0 Å². The lowest BCUT2D eigenvalue weighted by Crippen LogP contribution is -1.87. The van der Waals surface area contributed by atoms with Gasteiger partial charge in [-0.25, -0.2) is 0 Å². The molecule has 28 heavy (non-hydrogen) atoms. The maximum Gasteiger partial charge on any atom is 0.0352 e. The fourth-order valence-corrected chi connectivity index (χ4v) is 5.94. The molecule has 5 aromatic rings. The van der Waals surface area contributed by atoms with E-state index in [0.29, 0.717) is 0 Å². The molecule has 2 aromatic heterocycles. The van der Waals surface area contributed by atoms with Gasteiger partial charge in [-0.1, -0.05) is 60.7 Å². The van der Waals surface area contributed by atoms with Crippen LogP contribution in [0.3, 0.4) is 0 Å². The van der Waals surface area contributed by atoms with E-state index in [9.17, 15) is 0 Å². The highest BCUT2D eigenvalue weighted by Crippen LogP contribution is 2.35. The number of rotatable bonds is 6. The van der Waals surface area contributed by atoms with Gasteiger partial charge in [0.1, 0.15) is 0 Å². The first-order chi connectivity index (χ1) is 13.8. The van der Waals surface area contributed by atoms with Crippen molar-refractivity contribution in [3.8, 4) is 0 Å². The van der Waals surface area contributed by atoms with Gasteiger partial charge in [-0.15, -0.1) is 22.7 Å². The summed E-state index contributed by atoms with van der Waals surface area (Å²) in [4.78, 5) is 2.97. The van der Waals surface area contributed by atoms with Crippen molar-refractivity contribution in [2.24, 2.45) is 0 Å². The molecule has 0 fully saturated rings. The highest BCUT2D eigenvalue weighted by atomic mass is 32.1. The minimum absolute atomic E-state index is 1.12. The van der Waals surface area contributed by atoms with Crippen LogP contribution in [0.15, 0.2) is 84.9 Å². The van der Waals surface area contributed by atoms with E-state index in [-0.39, 0.29) is 0 Å². The Morgan fingerprint density at radius 3 is 1.32 bits per heavy atom. The van der Waals surface area contributed by atoms with Gasteiger partial charge in [0.25, 0.3) is 0 Å². The second kappa shape index (κ2) is 7.90. The Morgan fingerprint density at radius 2 is 0.893 bits per heavy atom. The molecule has 0 spiro atoms. The van der Waals surface area contributed by atoms with E-state index in [1.807, 2.05) is 22.7 Å². The predicted octanol–water partition coefficient (Wildman–Crippen LogP) is 7.69. The van der Waals surface area contributed by atoms with Crippen molar-refractivity contribution >= 4 is 42.8 Å². The van der Waals surface area contributed by atoms with Gasteiger partial charge in [0.05, 0.1) is 0 Å². The Bertz CT molecular complexity index is 1050. The first kappa shape index (κ1) is 17.7. The smallest absolute Gasteiger partial charge is 0.0352 e. The normalized spacial score (nSPS) is 11.4. The standard InChI is InChI=1S/C26H22S2/c1-3-7-19(8-4-1)11-13-23-15-21-17-26-22(18-25(21)27-23)16-24(28-26)14-12-20-9-5-2-6-10-20/h1-10,15-18H,11-14H2. The van der Waals surface area contributed by atoms with Crippen LogP contribution in [0.1, 0.15) is 20.9 Å². The van der Waals surface area contributed by atoms with Gasteiger partial charge in [0, 0.05) is 19.2 Å². The topological polar surface area (TPSA) is 0 Å². The SMILES string of the molecule is c1ccc(CCc2cc3cc4sc(CCc5ccccc5)cc4cc3s2)cc1. The van der Waals surface area contributed by atoms with Crippen LogP contribution in [-0.2, 0) is 25.7 Å². The molecular formula is C26H22S2. The van der Waals surface area contributed by atoms with Crippen molar-refractivity contribution in [2.75, 3.05) is 0 Å². The molecule has 0 saturated carbocycles. The number of fused-ring (bicyclic) bond motifs is 2. The summed E-state index contributed by atoms with van der Waals surface area (Å²) in [5.41, 5.74) is 2.84. The second-order valence-electron chi connectivity index (χ2n) is 7.32. The third-order valence-corrected chi connectivity index (χ3v) is 7.58. The fourth-order valence-electron chi connectivity index (χ4n) is 3.75. The monoisotopic (exact) mass is 398 g/mol. The summed E-state index contributed by atoms with van der Waals surface area (Å²) in [5.74, 6) is 0. The zero-order chi connectivity index (χ0) is 18.8. The van der Waals surface area contributed by atoms with Gasteiger partial charge in [-0.05, 0) is 71.8 Å². The van der Waals surface area contributed by atoms with Crippen LogP contribution in [0.5, 0.6) is 0 Å². The van der Waals surface area contributed by atoms with Crippen LogP contribution in [0.2, 0.25) is 0 Å². The molecule has 0 radical (unpaired) electrons. The molecule has 0 amide bonds. The number of thiophene rings is 2. The van der Waals surface area contributed by atoms with Crippen LogP contribution >= 0.6 is 22.7 Å². The average molecular weight is 399 g/mol. The molecule has 138 valence electrons. The fraction of sp³-hybridized carbons (Fsp3) is 0.154. The third-order valence-electron chi connectivity index (χ3n) is 5.26. The number of hydrogen-bond donors (Lipinski definition) is 0. The van der Waals surface area contributed by atoms with Crippen molar-refractivity contribution in [1.82, 2.24) is 0 Å². The summed E-state index contributed by atoms with van der Waals surface area (Å²) in [6.07, 6.45) is 4.48. The molecule has 3 aromatic carbocycles. The van der Waals surface area contributed by atoms with Gasteiger partial charge in [-0.3, -0.25) is 0 Å². The molecular weight excluding hydrogens is 376 g/mol. The molecule has 0 aliphatic heterocycles. The molecule has 2 heterocycles. The van der Waals surface area contributed by atoms with E-state index < -0.39 is 0 Å².